The molecule has 0 fully saturated rings. The summed E-state index contributed by atoms with van der Waals surface area (Å²) in [5.41, 5.74) is 5.75. The van der Waals surface area contributed by atoms with Gasteiger partial charge >= 0.3 is 0 Å². The molecule has 0 saturated carbocycles. The summed E-state index contributed by atoms with van der Waals surface area (Å²) in [5.74, 6) is -0.0861. The van der Waals surface area contributed by atoms with E-state index in [-0.39, 0.29) is 16.3 Å². The van der Waals surface area contributed by atoms with Gasteiger partial charge in [-0.15, -0.1) is 0 Å². The smallest absolute Gasteiger partial charge is 0.262 e. The van der Waals surface area contributed by atoms with Crippen LogP contribution in [0.25, 0.3) is 0 Å². The van der Waals surface area contributed by atoms with Crippen molar-refractivity contribution in [1.29, 1.82) is 0 Å². The highest BCUT2D eigenvalue weighted by Gasteiger charge is 2.17. The Hall–Kier alpha value is -1.80. The Morgan fingerprint density at radius 2 is 1.95 bits per heavy atom. The third kappa shape index (κ3) is 3.45. The average Bonchev–Trinajstić information content (AvgIpc) is 2.42. The Bertz CT molecular complexity index is 781. The number of methoxy groups -OCH3 is 1. The minimum absolute atomic E-state index is 0.00108. The molecule has 0 aliphatic carbocycles. The maximum atomic E-state index is 13.2. The molecular formula is C13H12BrFN2O3S. The van der Waals surface area contributed by atoms with Gasteiger partial charge in [-0.2, -0.15) is 0 Å². The second-order valence-electron chi connectivity index (χ2n) is 4.13. The molecule has 0 bridgehead atoms. The van der Waals surface area contributed by atoms with Crippen LogP contribution >= 0.6 is 15.9 Å². The van der Waals surface area contributed by atoms with Crippen molar-refractivity contribution in [2.75, 3.05) is 17.6 Å². The van der Waals surface area contributed by atoms with Crippen molar-refractivity contribution in [2.24, 2.45) is 0 Å². The molecule has 0 heterocycles. The Balaban J connectivity index is 2.38. The number of halogens is 2. The van der Waals surface area contributed by atoms with E-state index in [2.05, 4.69) is 20.7 Å². The quantitative estimate of drug-likeness (QED) is 0.806. The van der Waals surface area contributed by atoms with E-state index < -0.39 is 15.8 Å². The molecule has 5 nitrogen and oxygen atoms in total. The molecule has 3 N–H and O–H groups in total. The van der Waals surface area contributed by atoms with Gasteiger partial charge < -0.3 is 10.5 Å². The zero-order chi connectivity index (χ0) is 15.6. The number of ether oxygens (including phenoxy) is 1. The van der Waals surface area contributed by atoms with Crippen LogP contribution in [0.3, 0.4) is 0 Å². The van der Waals surface area contributed by atoms with Gasteiger partial charge in [-0.25, -0.2) is 12.8 Å². The topological polar surface area (TPSA) is 81.4 Å². The first-order valence-corrected chi connectivity index (χ1v) is 8.02. The summed E-state index contributed by atoms with van der Waals surface area (Å²) in [4.78, 5) is -0.00108. The maximum Gasteiger partial charge on any atom is 0.262 e. The SMILES string of the molecule is COc1ccc(S(=O)(=O)Nc2cc(F)ccc2N)cc1Br. The fourth-order valence-electron chi connectivity index (χ4n) is 1.63. The first kappa shape index (κ1) is 15.6. The van der Waals surface area contributed by atoms with Crippen molar-refractivity contribution in [3.05, 3.63) is 46.7 Å². The molecule has 0 aromatic heterocycles. The minimum Gasteiger partial charge on any atom is -0.496 e. The normalized spacial score (nSPS) is 11.2. The number of nitrogens with two attached hydrogens (primary N) is 1. The van der Waals surface area contributed by atoms with Gasteiger partial charge in [0.25, 0.3) is 10.0 Å². The summed E-state index contributed by atoms with van der Waals surface area (Å²) in [6.07, 6.45) is 0. The van der Waals surface area contributed by atoms with E-state index in [1.54, 1.807) is 0 Å². The molecule has 8 heteroatoms. The van der Waals surface area contributed by atoms with Crippen LogP contribution in [-0.2, 0) is 10.0 Å². The number of nitrogens with one attached hydrogen (secondary N) is 1. The first-order chi connectivity index (χ1) is 9.83. The van der Waals surface area contributed by atoms with Crippen molar-refractivity contribution in [1.82, 2.24) is 0 Å². The largest absolute Gasteiger partial charge is 0.496 e. The molecule has 0 amide bonds. The number of nitrogen functional groups attached to an aromatic ring is 1. The molecule has 0 unspecified atom stereocenters. The van der Waals surface area contributed by atoms with Gasteiger partial charge in [-0.05, 0) is 46.3 Å². The summed E-state index contributed by atoms with van der Waals surface area (Å²) >= 11 is 3.21. The molecule has 112 valence electrons. The average molecular weight is 375 g/mol. The highest BCUT2D eigenvalue weighted by atomic mass is 79.9. The molecule has 2 aromatic rings. The Morgan fingerprint density at radius 3 is 2.57 bits per heavy atom. The Labute approximate surface area is 130 Å². The fourth-order valence-corrected chi connectivity index (χ4v) is 3.43. The third-order valence-corrected chi connectivity index (χ3v) is 4.68. The number of anilines is 2. The number of hydrogen-bond acceptors (Lipinski definition) is 4. The van der Waals surface area contributed by atoms with E-state index in [9.17, 15) is 12.8 Å². The van der Waals surface area contributed by atoms with Crippen molar-refractivity contribution in [3.8, 4) is 5.75 Å². The lowest BCUT2D eigenvalue weighted by molar-refractivity contribution is 0.411. The van der Waals surface area contributed by atoms with E-state index in [1.165, 1.54) is 31.4 Å². The predicted molar refractivity (Wildman–Crippen MR) is 82.3 cm³/mol. The Kier molecular flexibility index (Phi) is 4.38. The molecular weight excluding hydrogens is 363 g/mol. The van der Waals surface area contributed by atoms with Gasteiger partial charge in [0.2, 0.25) is 0 Å². The van der Waals surface area contributed by atoms with Crippen LogP contribution in [0.4, 0.5) is 15.8 Å². The molecule has 2 aromatic carbocycles. The second-order valence-corrected chi connectivity index (χ2v) is 6.67. The van der Waals surface area contributed by atoms with Gasteiger partial charge in [0.15, 0.2) is 0 Å². The number of hydrogen-bond donors (Lipinski definition) is 2. The standard InChI is InChI=1S/C13H12BrFN2O3S/c1-20-13-5-3-9(7-10(13)14)21(18,19)17-12-6-8(15)2-4-11(12)16/h2-7,17H,16H2,1H3. The summed E-state index contributed by atoms with van der Waals surface area (Å²) in [6, 6.07) is 7.73. The number of benzene rings is 2. The molecule has 0 aliphatic heterocycles. The summed E-state index contributed by atoms with van der Waals surface area (Å²) < 4.78 is 45.5. The van der Waals surface area contributed by atoms with Crippen LogP contribution < -0.4 is 15.2 Å². The first-order valence-electron chi connectivity index (χ1n) is 5.75. The van der Waals surface area contributed by atoms with E-state index in [0.29, 0.717) is 10.2 Å². The summed E-state index contributed by atoms with van der Waals surface area (Å²) in [7, 11) is -2.41. The predicted octanol–water partition coefficient (Wildman–Crippen LogP) is 2.98. The van der Waals surface area contributed by atoms with Crippen LogP contribution in [0.5, 0.6) is 5.75 Å². The monoisotopic (exact) mass is 374 g/mol. The molecule has 21 heavy (non-hydrogen) atoms. The van der Waals surface area contributed by atoms with E-state index in [1.807, 2.05) is 0 Å². The van der Waals surface area contributed by atoms with Crippen molar-refractivity contribution >= 4 is 37.3 Å². The highest BCUT2D eigenvalue weighted by Crippen LogP contribution is 2.29. The lowest BCUT2D eigenvalue weighted by atomic mass is 10.3. The molecule has 2 rings (SSSR count). The lowest BCUT2D eigenvalue weighted by Gasteiger charge is -2.11. The molecule has 0 atom stereocenters. The van der Waals surface area contributed by atoms with Crippen LogP contribution in [0.15, 0.2) is 45.8 Å². The molecule has 0 saturated heterocycles. The van der Waals surface area contributed by atoms with E-state index in [4.69, 9.17) is 10.5 Å². The third-order valence-electron chi connectivity index (χ3n) is 2.69. The zero-order valence-electron chi connectivity index (χ0n) is 10.9. The number of rotatable bonds is 4. The minimum atomic E-state index is -3.88. The van der Waals surface area contributed by atoms with Crippen molar-refractivity contribution < 1.29 is 17.5 Å². The van der Waals surface area contributed by atoms with Crippen LogP contribution in [0, 0.1) is 5.82 Å². The summed E-state index contributed by atoms with van der Waals surface area (Å²) in [6.45, 7) is 0. The Morgan fingerprint density at radius 1 is 1.24 bits per heavy atom. The fraction of sp³-hybridized carbons (Fsp3) is 0.0769. The van der Waals surface area contributed by atoms with E-state index >= 15 is 0 Å². The molecule has 0 radical (unpaired) electrons. The van der Waals surface area contributed by atoms with Gasteiger partial charge in [0.1, 0.15) is 11.6 Å². The number of sulfonamides is 1. The van der Waals surface area contributed by atoms with Crippen LogP contribution in [0.2, 0.25) is 0 Å². The van der Waals surface area contributed by atoms with Crippen LogP contribution in [0.1, 0.15) is 0 Å². The van der Waals surface area contributed by atoms with Gasteiger partial charge in [-0.1, -0.05) is 0 Å². The lowest BCUT2D eigenvalue weighted by Crippen LogP contribution is -2.14. The maximum absolute atomic E-state index is 13.2. The van der Waals surface area contributed by atoms with Gasteiger partial charge in [0.05, 0.1) is 27.9 Å². The zero-order valence-corrected chi connectivity index (χ0v) is 13.3. The molecule has 0 spiro atoms. The van der Waals surface area contributed by atoms with Gasteiger partial charge in [0, 0.05) is 6.07 Å². The molecule has 0 aliphatic rings. The van der Waals surface area contributed by atoms with Crippen molar-refractivity contribution in [3.63, 3.8) is 0 Å². The van der Waals surface area contributed by atoms with Crippen LogP contribution in [-0.4, -0.2) is 15.5 Å². The summed E-state index contributed by atoms with van der Waals surface area (Å²) in [5, 5.41) is 0. The van der Waals surface area contributed by atoms with E-state index in [0.717, 1.165) is 12.1 Å². The highest BCUT2D eigenvalue weighted by molar-refractivity contribution is 9.10. The van der Waals surface area contributed by atoms with Gasteiger partial charge in [-0.3, -0.25) is 4.72 Å². The van der Waals surface area contributed by atoms with Crippen molar-refractivity contribution in [2.45, 2.75) is 4.90 Å². The second kappa shape index (κ2) is 5.90.